The molecule has 80 heavy (non-hydrogen) atoms. The maximum Gasteiger partial charge on any atom is 0.355 e. The van der Waals surface area contributed by atoms with Crippen molar-refractivity contribution < 1.29 is 86.3 Å². The third-order valence-electron chi connectivity index (χ3n) is 14.2. The maximum atomic E-state index is 13.9. The molecule has 0 saturated carbocycles. The number of amides is 2. The summed E-state index contributed by atoms with van der Waals surface area (Å²) < 4.78 is 58.5. The van der Waals surface area contributed by atoms with E-state index in [1.165, 1.54) is 71.4 Å². The van der Waals surface area contributed by atoms with E-state index in [0.717, 1.165) is 6.20 Å². The zero-order valence-corrected chi connectivity index (χ0v) is 45.1. The van der Waals surface area contributed by atoms with Crippen molar-refractivity contribution in [1.29, 1.82) is 0 Å². The molecule has 7 aromatic rings. The van der Waals surface area contributed by atoms with Gasteiger partial charge in [0.25, 0.3) is 11.8 Å². The number of carbonyl (C=O) groups is 4. The number of rotatable bonds is 14. The Morgan fingerprint density at radius 1 is 0.588 bits per heavy atom. The summed E-state index contributed by atoms with van der Waals surface area (Å²) in [6.45, 7) is 14.6. The molecule has 2 amide bonds. The smallest absolute Gasteiger partial charge is 0.355 e. The summed E-state index contributed by atoms with van der Waals surface area (Å²) in [5, 5.41) is 49.5. The number of hydrogen-bond acceptors (Lipinski definition) is 20. The fourth-order valence-electron chi connectivity index (χ4n) is 10.0. The Morgan fingerprint density at radius 2 is 1.00 bits per heavy atom. The number of ether oxygens (including phenoxy) is 8. The van der Waals surface area contributed by atoms with Crippen LogP contribution in [0.1, 0.15) is 97.6 Å². The number of aromatic amines is 3. The minimum absolute atomic E-state index is 0.0247. The van der Waals surface area contributed by atoms with Gasteiger partial charge in [0.15, 0.2) is 35.8 Å². The number of aliphatic hydroxyl groups is 2. The van der Waals surface area contributed by atoms with Gasteiger partial charge in [-0.15, -0.1) is 0 Å². The number of nitrogens with one attached hydrogen (secondary N) is 5. The van der Waals surface area contributed by atoms with Crippen molar-refractivity contribution in [2.45, 2.75) is 123 Å². The van der Waals surface area contributed by atoms with E-state index in [4.69, 9.17) is 46.7 Å². The van der Waals surface area contributed by atoms with Crippen LogP contribution in [0.3, 0.4) is 0 Å². The van der Waals surface area contributed by atoms with Gasteiger partial charge in [0.1, 0.15) is 52.0 Å². The van der Waals surface area contributed by atoms with Crippen LogP contribution in [0.4, 0.5) is 11.4 Å². The zero-order valence-electron chi connectivity index (χ0n) is 45.1. The van der Waals surface area contributed by atoms with E-state index in [9.17, 15) is 49.2 Å². The Bertz CT molecular complexity index is 3480. The Labute approximate surface area is 454 Å². The average Bonchev–Trinajstić information content (AvgIpc) is 4.18. The first kappa shape index (κ1) is 56.3. The van der Waals surface area contributed by atoms with Gasteiger partial charge in [-0.05, 0) is 116 Å². The molecule has 2 aliphatic heterocycles. The van der Waals surface area contributed by atoms with Crippen LogP contribution in [-0.2, 0) is 28.4 Å². The lowest BCUT2D eigenvalue weighted by molar-refractivity contribution is -0.305. The minimum atomic E-state index is -1.59. The highest BCUT2D eigenvalue weighted by Gasteiger charge is 2.55. The number of aliphatic hydroxyl groups excluding tert-OH is 2. The van der Waals surface area contributed by atoms with Gasteiger partial charge in [-0.3, -0.25) is 19.2 Å². The van der Waals surface area contributed by atoms with Crippen LogP contribution < -0.4 is 31.0 Å². The van der Waals surface area contributed by atoms with Crippen molar-refractivity contribution >= 4 is 57.1 Å². The van der Waals surface area contributed by atoms with Crippen molar-refractivity contribution in [3.05, 3.63) is 126 Å². The lowest BCUT2D eigenvalue weighted by atomic mass is 9.89. The van der Waals surface area contributed by atoms with Crippen molar-refractivity contribution in [3.8, 4) is 23.4 Å². The molecule has 0 bridgehead atoms. The Balaban J connectivity index is 0.890. The quantitative estimate of drug-likeness (QED) is 0.0601. The van der Waals surface area contributed by atoms with Crippen molar-refractivity contribution in [2.75, 3.05) is 24.9 Å². The predicted molar refractivity (Wildman–Crippen MR) is 281 cm³/mol. The first-order valence-electron chi connectivity index (χ1n) is 25.0. The van der Waals surface area contributed by atoms with Gasteiger partial charge < -0.3 is 92.7 Å². The van der Waals surface area contributed by atoms with Crippen molar-refractivity contribution in [2.24, 2.45) is 0 Å². The van der Waals surface area contributed by atoms with E-state index < -0.39 is 118 Å². The molecule has 0 aliphatic carbocycles. The van der Waals surface area contributed by atoms with Gasteiger partial charge in [0, 0.05) is 42.9 Å². The van der Waals surface area contributed by atoms with Gasteiger partial charge in [0.2, 0.25) is 23.4 Å². The molecule has 9 rings (SSSR count). The van der Waals surface area contributed by atoms with Crippen LogP contribution in [0.5, 0.6) is 23.4 Å². The molecule has 2 aliphatic rings. The summed E-state index contributed by atoms with van der Waals surface area (Å²) in [6.07, 6.45) is -9.34. The molecule has 25 nitrogen and oxygen atoms in total. The SMILES string of the molecule is CO[C@@H]1[C@@H](OC(=O)c2ccc(C)[nH]2)[C@@H](O)C(Oc2ccc3c(=O)c(NC(=O)c4[nH]cc(C(=O)Nc5c(O)oc6c(C)c(OC7OC(C)(C)[C@@H](OC)[C@H](OC(=O)c8ccc(C)[nH]8)[C@@H]7O)ccc6c5=O)c4C)c(O)oc3c2C)OC1(C)C. The van der Waals surface area contributed by atoms with Crippen molar-refractivity contribution in [3.63, 3.8) is 0 Å². The van der Waals surface area contributed by atoms with E-state index in [1.54, 1.807) is 53.7 Å². The number of anilines is 2. The highest BCUT2D eigenvalue weighted by atomic mass is 16.7. The summed E-state index contributed by atoms with van der Waals surface area (Å²) in [5.74, 6) is -5.33. The second-order valence-corrected chi connectivity index (χ2v) is 20.5. The standard InChI is InChI=1S/C55H59N5O20/c1-21-12-16-29(57-21)48(67)77-42-38(63)52(79-54(6,7)44(42)71-10)73-31-18-14-26-36(61)34(50(69)75-40(26)24(31)4)59-46(65)28-20-56-33(23(28)3)47(66)60-35-37(62)27-15-19-32(25(5)41(27)76-51(35)70)74-53-39(64)43(45(72-11)55(8,9)80-53)78-49(68)30-17-13-22(2)58-30/h12-20,38-39,42-45,52-53,56-58,63-64,69-70H,1-11H3,(H,59,65)(H,60,66)/t38-,39+,42+,43-,44-,45+,52?,53?/m0/s1. The number of H-pyrrole nitrogens is 3. The number of benzene rings is 2. The molecule has 0 spiro atoms. The van der Waals surface area contributed by atoms with Crippen LogP contribution in [0.2, 0.25) is 0 Å². The summed E-state index contributed by atoms with van der Waals surface area (Å²) in [5.41, 5.74) is -3.98. The molecule has 0 radical (unpaired) electrons. The molecule has 2 fully saturated rings. The van der Waals surface area contributed by atoms with E-state index in [2.05, 4.69) is 25.6 Å². The Morgan fingerprint density at radius 3 is 1.39 bits per heavy atom. The van der Waals surface area contributed by atoms with Gasteiger partial charge in [-0.1, -0.05) is 0 Å². The topological polar surface area (TPSA) is 355 Å². The highest BCUT2D eigenvalue weighted by Crippen LogP contribution is 2.40. The number of esters is 2. The lowest BCUT2D eigenvalue weighted by Gasteiger charge is -2.47. The first-order chi connectivity index (χ1) is 37.7. The Hall–Kier alpha value is -8.46. The van der Waals surface area contributed by atoms with Crippen LogP contribution in [0.25, 0.3) is 21.9 Å². The number of fused-ring (bicyclic) bond motifs is 2. The van der Waals surface area contributed by atoms with Crippen LogP contribution in [0, 0.1) is 34.6 Å². The van der Waals surface area contributed by atoms with Crippen LogP contribution in [-0.4, -0.2) is 134 Å². The first-order valence-corrected chi connectivity index (χ1v) is 25.0. The molecule has 25 heteroatoms. The summed E-state index contributed by atoms with van der Waals surface area (Å²) in [4.78, 5) is 89.8. The molecule has 5 aromatic heterocycles. The average molecular weight is 1110 g/mol. The van der Waals surface area contributed by atoms with Gasteiger partial charge >= 0.3 is 23.8 Å². The van der Waals surface area contributed by atoms with Gasteiger partial charge in [-0.2, -0.15) is 0 Å². The van der Waals surface area contributed by atoms with Gasteiger partial charge in [-0.25, -0.2) is 9.59 Å². The minimum Gasteiger partial charge on any atom is -0.479 e. The van der Waals surface area contributed by atoms with E-state index in [1.807, 2.05) is 0 Å². The normalized spacial score (nSPS) is 22.4. The third-order valence-corrected chi connectivity index (χ3v) is 14.2. The molecule has 7 heterocycles. The number of aryl methyl sites for hydroxylation is 4. The highest BCUT2D eigenvalue weighted by molar-refractivity contribution is 6.11. The predicted octanol–water partition coefficient (Wildman–Crippen LogP) is 5.57. The van der Waals surface area contributed by atoms with Crippen LogP contribution >= 0.6 is 0 Å². The van der Waals surface area contributed by atoms with E-state index >= 15 is 0 Å². The molecule has 424 valence electrons. The number of aromatic hydroxyl groups is 2. The summed E-state index contributed by atoms with van der Waals surface area (Å²) in [7, 11) is 2.76. The third kappa shape index (κ3) is 10.2. The fraction of sp³-hybridized carbons (Fsp3) is 0.382. The fourth-order valence-corrected chi connectivity index (χ4v) is 10.0. The number of carbonyl (C=O) groups excluding carboxylic acids is 4. The lowest BCUT2D eigenvalue weighted by Crippen LogP contribution is -2.65. The number of hydrogen-bond donors (Lipinski definition) is 9. The van der Waals surface area contributed by atoms with Gasteiger partial charge in [0.05, 0.1) is 27.5 Å². The van der Waals surface area contributed by atoms with E-state index in [0.29, 0.717) is 11.4 Å². The molecule has 8 atom stereocenters. The maximum absolute atomic E-state index is 13.9. The monoisotopic (exact) mass is 1110 g/mol. The second-order valence-electron chi connectivity index (χ2n) is 20.5. The van der Waals surface area contributed by atoms with E-state index in [-0.39, 0.29) is 72.8 Å². The summed E-state index contributed by atoms with van der Waals surface area (Å²) in [6, 6.07) is 11.8. The largest absolute Gasteiger partial charge is 0.479 e. The van der Waals surface area contributed by atoms with Crippen LogP contribution in [0.15, 0.2) is 73.2 Å². The molecular formula is C55H59N5O20. The molecule has 2 aromatic carbocycles. The van der Waals surface area contributed by atoms with Crippen molar-refractivity contribution in [1.82, 2.24) is 15.0 Å². The molecule has 9 N–H and O–H groups in total. The zero-order chi connectivity index (χ0) is 58.0. The molecule has 2 unspecified atom stereocenters. The number of methoxy groups -OCH3 is 2. The number of aromatic nitrogens is 3. The summed E-state index contributed by atoms with van der Waals surface area (Å²) >= 11 is 0. The molecular weight excluding hydrogens is 1050 g/mol. The molecule has 2 saturated heterocycles. The Kier molecular flexibility index (Phi) is 15.0. The second kappa shape index (κ2) is 21.3.